The minimum Gasteiger partial charge on any atom is -0.463 e. The summed E-state index contributed by atoms with van der Waals surface area (Å²) in [5, 5.41) is 0. The second-order valence-electron chi connectivity index (χ2n) is 7.88. The molecule has 0 N–H and O–H groups in total. The molecule has 196 valence electrons. The zero-order valence-electron chi connectivity index (χ0n) is 20.7. The Bertz CT molecular complexity index is 1280. The van der Waals surface area contributed by atoms with Crippen molar-refractivity contribution in [3.05, 3.63) is 102 Å². The number of unbranched alkanes of at least 4 members (excludes halogenated alkanes) is 1. The van der Waals surface area contributed by atoms with Gasteiger partial charge in [0.25, 0.3) is 0 Å². The first kappa shape index (κ1) is 27.7. The van der Waals surface area contributed by atoms with Crippen molar-refractivity contribution in [1.29, 1.82) is 0 Å². The lowest BCUT2D eigenvalue weighted by Gasteiger charge is -2.10. The number of carbonyl (C=O) groups is 4. The Kier molecular flexibility index (Phi) is 10.2. The molecule has 0 radical (unpaired) electrons. The summed E-state index contributed by atoms with van der Waals surface area (Å²) in [5.74, 6) is -0.807. The third-order valence-corrected chi connectivity index (χ3v) is 5.03. The van der Waals surface area contributed by atoms with Gasteiger partial charge in [-0.15, -0.1) is 0 Å². The van der Waals surface area contributed by atoms with E-state index in [4.69, 9.17) is 23.7 Å². The van der Waals surface area contributed by atoms with Crippen LogP contribution in [0.25, 0.3) is 0 Å². The van der Waals surface area contributed by atoms with Gasteiger partial charge in [0.05, 0.1) is 24.3 Å². The van der Waals surface area contributed by atoms with Crippen molar-refractivity contribution in [1.82, 2.24) is 0 Å². The smallest absolute Gasteiger partial charge is 0.463 e. The molecule has 0 amide bonds. The van der Waals surface area contributed by atoms with Crippen LogP contribution in [0.2, 0.25) is 0 Å². The zero-order chi connectivity index (χ0) is 27.3. The summed E-state index contributed by atoms with van der Waals surface area (Å²) >= 11 is 0. The highest BCUT2D eigenvalue weighted by Crippen LogP contribution is 2.25. The highest BCUT2D eigenvalue weighted by molar-refractivity contribution is 5.92. The Morgan fingerprint density at radius 1 is 0.711 bits per heavy atom. The van der Waals surface area contributed by atoms with Gasteiger partial charge in [0.15, 0.2) is 0 Å². The summed E-state index contributed by atoms with van der Waals surface area (Å²) in [6.45, 7) is 5.32. The van der Waals surface area contributed by atoms with E-state index in [0.29, 0.717) is 29.7 Å². The first-order valence-corrected chi connectivity index (χ1v) is 11.7. The van der Waals surface area contributed by atoms with Gasteiger partial charge in [0, 0.05) is 6.08 Å². The first-order chi connectivity index (χ1) is 18.4. The fourth-order valence-electron chi connectivity index (χ4n) is 3.07. The molecular formula is C29H26O9. The van der Waals surface area contributed by atoms with Crippen LogP contribution in [0.3, 0.4) is 0 Å². The molecule has 0 heterocycles. The van der Waals surface area contributed by atoms with E-state index in [1.165, 1.54) is 30.3 Å². The van der Waals surface area contributed by atoms with Crippen LogP contribution in [0.4, 0.5) is 4.79 Å². The number of esters is 3. The van der Waals surface area contributed by atoms with Gasteiger partial charge in [-0.2, -0.15) is 0 Å². The number of hydrogen-bond donors (Lipinski definition) is 0. The molecule has 0 aliphatic carbocycles. The fraction of sp³-hybridized carbons (Fsp3) is 0.172. The van der Waals surface area contributed by atoms with Crippen LogP contribution in [0.15, 0.2) is 85.5 Å². The van der Waals surface area contributed by atoms with Crippen LogP contribution in [-0.2, 0) is 14.3 Å². The second kappa shape index (κ2) is 14.0. The van der Waals surface area contributed by atoms with E-state index in [-0.39, 0.29) is 30.3 Å². The maximum Gasteiger partial charge on any atom is 0.513 e. The Morgan fingerprint density at radius 2 is 1.32 bits per heavy atom. The lowest BCUT2D eigenvalue weighted by Crippen LogP contribution is -2.13. The molecular weight excluding hydrogens is 492 g/mol. The van der Waals surface area contributed by atoms with Gasteiger partial charge in [-0.3, -0.25) is 0 Å². The van der Waals surface area contributed by atoms with Crippen LogP contribution in [0.1, 0.15) is 39.1 Å². The van der Waals surface area contributed by atoms with Gasteiger partial charge >= 0.3 is 24.1 Å². The highest BCUT2D eigenvalue weighted by atomic mass is 16.7. The van der Waals surface area contributed by atoms with Crippen LogP contribution in [0.5, 0.6) is 17.2 Å². The molecule has 0 fully saturated rings. The molecule has 38 heavy (non-hydrogen) atoms. The van der Waals surface area contributed by atoms with Gasteiger partial charge in [0.2, 0.25) is 0 Å². The number of aryl methyl sites for hydroxylation is 1. The lowest BCUT2D eigenvalue weighted by molar-refractivity contribution is -0.137. The largest absolute Gasteiger partial charge is 0.513 e. The van der Waals surface area contributed by atoms with Gasteiger partial charge in [-0.1, -0.05) is 24.8 Å². The molecule has 9 nitrogen and oxygen atoms in total. The average molecular weight is 519 g/mol. The molecule has 0 aromatic heterocycles. The molecule has 0 spiro atoms. The number of rotatable bonds is 11. The van der Waals surface area contributed by atoms with Crippen molar-refractivity contribution in [2.75, 3.05) is 13.2 Å². The monoisotopic (exact) mass is 518 g/mol. The third-order valence-electron chi connectivity index (χ3n) is 5.03. The fourth-order valence-corrected chi connectivity index (χ4v) is 3.07. The summed E-state index contributed by atoms with van der Waals surface area (Å²) in [6.07, 6.45) is 1.18. The number of carbonyl (C=O) groups excluding carboxylic acids is 4. The van der Waals surface area contributed by atoms with Crippen LogP contribution >= 0.6 is 0 Å². The summed E-state index contributed by atoms with van der Waals surface area (Å²) in [7, 11) is 0. The predicted octanol–water partition coefficient (Wildman–Crippen LogP) is 5.46. The van der Waals surface area contributed by atoms with Gasteiger partial charge < -0.3 is 23.7 Å². The van der Waals surface area contributed by atoms with Crippen LogP contribution in [0, 0.1) is 6.92 Å². The molecule has 0 aliphatic heterocycles. The molecule has 0 saturated heterocycles. The Hall–Kier alpha value is -4.92. The SMILES string of the molecule is C=CC(=O)OCCCCOC(=O)Oc1ccc(C(=O)Oc2ccc(OC(=O)c3ccccc3)c(C)c2)cc1. The van der Waals surface area contributed by atoms with Crippen molar-refractivity contribution >= 4 is 24.1 Å². The van der Waals surface area contributed by atoms with Crippen molar-refractivity contribution in [2.45, 2.75) is 19.8 Å². The van der Waals surface area contributed by atoms with Gasteiger partial charge in [-0.05, 0) is 79.9 Å². The van der Waals surface area contributed by atoms with E-state index in [2.05, 4.69) is 6.58 Å². The molecule has 0 unspecified atom stereocenters. The van der Waals surface area contributed by atoms with E-state index >= 15 is 0 Å². The van der Waals surface area contributed by atoms with Crippen molar-refractivity contribution in [3.63, 3.8) is 0 Å². The molecule has 0 aliphatic rings. The van der Waals surface area contributed by atoms with Crippen LogP contribution < -0.4 is 14.2 Å². The number of hydrogen-bond acceptors (Lipinski definition) is 9. The Labute approximate surface area is 219 Å². The summed E-state index contributed by atoms with van der Waals surface area (Å²) in [5.41, 5.74) is 1.27. The zero-order valence-corrected chi connectivity index (χ0v) is 20.7. The normalized spacial score (nSPS) is 10.1. The Balaban J connectivity index is 1.45. The van der Waals surface area contributed by atoms with E-state index in [9.17, 15) is 19.2 Å². The molecule has 0 atom stereocenters. The van der Waals surface area contributed by atoms with E-state index in [1.54, 1.807) is 49.4 Å². The first-order valence-electron chi connectivity index (χ1n) is 11.7. The quantitative estimate of drug-likeness (QED) is 0.107. The van der Waals surface area contributed by atoms with Crippen molar-refractivity contribution < 1.29 is 42.9 Å². The summed E-state index contributed by atoms with van der Waals surface area (Å²) in [4.78, 5) is 47.5. The lowest BCUT2D eigenvalue weighted by atomic mass is 10.2. The molecule has 0 bridgehead atoms. The van der Waals surface area contributed by atoms with Crippen LogP contribution in [-0.4, -0.2) is 37.3 Å². The van der Waals surface area contributed by atoms with Gasteiger partial charge in [0.1, 0.15) is 17.2 Å². The minimum absolute atomic E-state index is 0.0958. The van der Waals surface area contributed by atoms with Crippen molar-refractivity contribution in [3.8, 4) is 17.2 Å². The maximum absolute atomic E-state index is 12.5. The number of ether oxygens (including phenoxy) is 5. The van der Waals surface area contributed by atoms with E-state index in [1.807, 2.05) is 0 Å². The second-order valence-corrected chi connectivity index (χ2v) is 7.88. The average Bonchev–Trinajstić information content (AvgIpc) is 2.92. The topological polar surface area (TPSA) is 114 Å². The van der Waals surface area contributed by atoms with E-state index in [0.717, 1.165) is 6.08 Å². The standard InChI is InChI=1S/C29H26O9/c1-3-26(30)34-17-7-8-18-35-29(33)37-23-13-11-22(12-14-23)27(31)36-24-15-16-25(20(2)19-24)38-28(32)21-9-5-4-6-10-21/h3-6,9-16,19H,1,7-8,17-18H2,2H3. The summed E-state index contributed by atoms with van der Waals surface area (Å²) in [6, 6.07) is 19.0. The number of benzene rings is 3. The Morgan fingerprint density at radius 3 is 1.97 bits per heavy atom. The molecule has 3 aromatic carbocycles. The maximum atomic E-state index is 12.5. The minimum atomic E-state index is -0.896. The molecule has 3 aromatic rings. The van der Waals surface area contributed by atoms with Crippen molar-refractivity contribution in [2.24, 2.45) is 0 Å². The third kappa shape index (κ3) is 8.63. The molecule has 3 rings (SSSR count). The van der Waals surface area contributed by atoms with E-state index < -0.39 is 24.1 Å². The van der Waals surface area contributed by atoms with Gasteiger partial charge in [-0.25, -0.2) is 19.2 Å². The highest BCUT2D eigenvalue weighted by Gasteiger charge is 2.14. The molecule has 0 saturated carbocycles. The predicted molar refractivity (Wildman–Crippen MR) is 136 cm³/mol. The summed E-state index contributed by atoms with van der Waals surface area (Å²) < 4.78 is 25.7. The molecule has 9 heteroatoms.